The van der Waals surface area contributed by atoms with Crippen molar-refractivity contribution in [3.8, 4) is 0 Å². The zero-order valence-corrected chi connectivity index (χ0v) is 16.2. The number of nitrogens with one attached hydrogen (secondary N) is 3. The van der Waals surface area contributed by atoms with Gasteiger partial charge in [-0.2, -0.15) is 8.78 Å². The van der Waals surface area contributed by atoms with Gasteiger partial charge in [0.15, 0.2) is 17.3 Å². The molecule has 0 saturated carbocycles. The van der Waals surface area contributed by atoms with Gasteiger partial charge in [0, 0.05) is 20.4 Å². The highest BCUT2D eigenvalue weighted by atomic mass is 19.2. The first-order chi connectivity index (χ1) is 13.7. The van der Waals surface area contributed by atoms with E-state index in [4.69, 9.17) is 0 Å². The zero-order valence-electron chi connectivity index (χ0n) is 16.2. The summed E-state index contributed by atoms with van der Waals surface area (Å²) in [5.41, 5.74) is 0.129. The summed E-state index contributed by atoms with van der Waals surface area (Å²) in [6.07, 6.45) is 0. The molecule has 3 rings (SSSR count). The van der Waals surface area contributed by atoms with Crippen molar-refractivity contribution in [2.24, 2.45) is 0 Å². The van der Waals surface area contributed by atoms with E-state index in [1.165, 1.54) is 40.2 Å². The van der Waals surface area contributed by atoms with Gasteiger partial charge in [0.25, 0.3) is 29.3 Å². The second-order valence-corrected chi connectivity index (χ2v) is 7.33. The summed E-state index contributed by atoms with van der Waals surface area (Å²) in [6, 6.07) is 7.22. The summed E-state index contributed by atoms with van der Waals surface area (Å²) in [5.74, 6) is -25.2. The molecule has 2 aliphatic heterocycles. The van der Waals surface area contributed by atoms with E-state index in [1.54, 1.807) is 6.07 Å². The summed E-state index contributed by atoms with van der Waals surface area (Å²) >= 11 is 0. The third kappa shape index (κ3) is 2.74. The van der Waals surface area contributed by atoms with Gasteiger partial charge in [0.1, 0.15) is 0 Å². The first-order valence-corrected chi connectivity index (χ1v) is 8.83. The van der Waals surface area contributed by atoms with E-state index in [0.29, 0.717) is 20.8 Å². The first kappa shape index (κ1) is 22.4. The van der Waals surface area contributed by atoms with E-state index in [1.807, 2.05) is 0 Å². The van der Waals surface area contributed by atoms with Gasteiger partial charge in [0.05, 0.1) is 0 Å². The minimum absolute atomic E-state index is 0.129. The van der Waals surface area contributed by atoms with Crippen LogP contribution in [-0.2, 0) is 20.9 Å². The number of hydrogen-bond acceptors (Lipinski definition) is 7. The van der Waals surface area contributed by atoms with E-state index < -0.39 is 53.2 Å². The highest BCUT2D eigenvalue weighted by Gasteiger charge is 2.86. The molecule has 2 heterocycles. The van der Waals surface area contributed by atoms with Crippen LogP contribution in [0.3, 0.4) is 0 Å². The van der Waals surface area contributed by atoms with Gasteiger partial charge < -0.3 is 0 Å². The lowest BCUT2D eigenvalue weighted by Crippen LogP contribution is -2.89. The fraction of sp³-hybridized carbons (Fsp3) is 0.500. The van der Waals surface area contributed by atoms with Crippen LogP contribution in [0.1, 0.15) is 26.3 Å². The fourth-order valence-corrected chi connectivity index (χ4v) is 3.67. The summed E-state index contributed by atoms with van der Waals surface area (Å²) < 4.78 is 78.4. The molecule has 0 spiro atoms. The van der Waals surface area contributed by atoms with Crippen LogP contribution in [0.15, 0.2) is 30.3 Å². The predicted octanol–water partition coefficient (Wildman–Crippen LogP) is 1.25. The number of nitrogens with zero attached hydrogens (tertiary/aromatic N) is 1. The lowest BCUT2D eigenvalue weighted by Gasteiger charge is -2.56. The molecule has 3 N–H and O–H groups in total. The maximum absolute atomic E-state index is 16.2. The summed E-state index contributed by atoms with van der Waals surface area (Å²) in [5, 5.41) is 3.71. The monoisotopic (exact) mass is 434 g/mol. The summed E-state index contributed by atoms with van der Waals surface area (Å²) in [4.78, 5) is 35.8. The molecule has 30 heavy (non-hydrogen) atoms. The number of ketones is 3. The lowest BCUT2D eigenvalue weighted by molar-refractivity contribution is -0.307. The summed E-state index contributed by atoms with van der Waals surface area (Å²) in [6.45, 7) is 0.797. The molecule has 0 aromatic heterocycles. The van der Waals surface area contributed by atoms with Crippen molar-refractivity contribution in [2.75, 3.05) is 0 Å². The fourth-order valence-electron chi connectivity index (χ4n) is 3.67. The van der Waals surface area contributed by atoms with Crippen molar-refractivity contribution >= 4 is 17.3 Å². The molecule has 0 amide bonds. The molecule has 2 saturated heterocycles. The number of carbonyl (C=O) groups is 3. The molecule has 164 valence electrons. The van der Waals surface area contributed by atoms with Gasteiger partial charge in [-0.25, -0.2) is 34.0 Å². The average Bonchev–Trinajstić information content (AvgIpc) is 2.86. The topological polar surface area (TPSA) is 90.5 Å². The van der Waals surface area contributed by atoms with E-state index in [0.717, 1.165) is 0 Å². The first-order valence-electron chi connectivity index (χ1n) is 8.83. The normalized spacial score (nSPS) is 41.3. The maximum atomic E-state index is 16.2. The molecular weight excluding hydrogens is 415 g/mol. The maximum Gasteiger partial charge on any atom is 0.284 e. The van der Waals surface area contributed by atoms with Crippen LogP contribution < -0.4 is 16.0 Å². The molecule has 12 heteroatoms. The molecule has 5 atom stereocenters. The van der Waals surface area contributed by atoms with Crippen molar-refractivity contribution in [2.45, 2.75) is 56.7 Å². The molecule has 7 nitrogen and oxygen atoms in total. The minimum atomic E-state index is -4.36. The number of halogens is 5. The van der Waals surface area contributed by atoms with Gasteiger partial charge >= 0.3 is 0 Å². The van der Waals surface area contributed by atoms with Crippen molar-refractivity contribution in [3.05, 3.63) is 35.9 Å². The Morgan fingerprint density at radius 2 is 1.40 bits per heavy atom. The molecule has 2 aliphatic rings. The lowest BCUT2D eigenvalue weighted by atomic mass is 9.87. The molecule has 5 unspecified atom stereocenters. The van der Waals surface area contributed by atoms with E-state index in [9.17, 15) is 18.8 Å². The highest BCUT2D eigenvalue weighted by molar-refractivity contribution is 5.91. The zero-order chi connectivity index (χ0) is 22.8. The smallest absolute Gasteiger partial charge is 0.284 e. The number of carbonyl (C=O) groups excluding carboxylic acids is 3. The Hall–Kier alpha value is -2.28. The Labute approximate surface area is 168 Å². The second-order valence-electron chi connectivity index (χ2n) is 7.33. The van der Waals surface area contributed by atoms with Gasteiger partial charge in [-0.15, -0.1) is 0 Å². The largest absolute Gasteiger partial charge is 0.295 e. The Kier molecular flexibility index (Phi) is 4.94. The van der Waals surface area contributed by atoms with Gasteiger partial charge in [-0.05, 0) is 12.5 Å². The van der Waals surface area contributed by atoms with Crippen molar-refractivity contribution in [1.29, 1.82) is 0 Å². The minimum Gasteiger partial charge on any atom is -0.295 e. The van der Waals surface area contributed by atoms with Crippen LogP contribution in [0, 0.1) is 0 Å². The SMILES string of the molecule is CC(=O)C1(F)NC2(F)NC(F)(C(C)=O)N(Cc3ccccc3)C(F)(C(C)=O)C2(F)N1. The van der Waals surface area contributed by atoms with Crippen LogP contribution >= 0.6 is 0 Å². The Morgan fingerprint density at radius 1 is 0.833 bits per heavy atom. The number of fused-ring (bicyclic) bond motifs is 1. The number of alkyl halides is 5. The number of hydrogen-bond donors (Lipinski definition) is 3. The van der Waals surface area contributed by atoms with Gasteiger partial charge in [-0.1, -0.05) is 30.3 Å². The van der Waals surface area contributed by atoms with Crippen molar-refractivity contribution in [1.82, 2.24) is 20.9 Å². The molecule has 1 aromatic carbocycles. The quantitative estimate of drug-likeness (QED) is 0.475. The molecule has 0 bridgehead atoms. The number of Topliss-reactive ketones (excluding diaryl/α,β-unsaturated/α-hetero) is 3. The molecule has 0 aliphatic carbocycles. The van der Waals surface area contributed by atoms with Crippen molar-refractivity contribution < 1.29 is 36.3 Å². The standard InChI is InChI=1S/C18H19F5N4O3/c1-10(28)14(19)17(22)18(23,25-15(20,24-17)11(2)29)26-16(21,12(3)30)27(14)9-13-7-5-4-6-8-13/h4-8,24-26H,9H2,1-3H3. The predicted molar refractivity (Wildman–Crippen MR) is 92.6 cm³/mol. The van der Waals surface area contributed by atoms with E-state index >= 15 is 17.6 Å². The van der Waals surface area contributed by atoms with Crippen LogP contribution in [0.2, 0.25) is 0 Å². The number of benzene rings is 1. The van der Waals surface area contributed by atoms with Gasteiger partial charge in [-0.3, -0.25) is 14.4 Å². The third-order valence-corrected chi connectivity index (χ3v) is 5.30. The van der Waals surface area contributed by atoms with Gasteiger partial charge in [0.2, 0.25) is 0 Å². The number of rotatable bonds is 5. The third-order valence-electron chi connectivity index (χ3n) is 5.30. The summed E-state index contributed by atoms with van der Waals surface area (Å²) in [7, 11) is 0. The highest BCUT2D eigenvalue weighted by Crippen LogP contribution is 2.53. The van der Waals surface area contributed by atoms with Crippen LogP contribution in [0.25, 0.3) is 0 Å². The van der Waals surface area contributed by atoms with Crippen LogP contribution in [-0.4, -0.2) is 51.6 Å². The molecular formula is C18H19F5N4O3. The molecule has 0 radical (unpaired) electrons. The van der Waals surface area contributed by atoms with Crippen molar-refractivity contribution in [3.63, 3.8) is 0 Å². The Bertz CT molecular complexity index is 922. The second kappa shape index (κ2) is 6.61. The molecule has 2 fully saturated rings. The van der Waals surface area contributed by atoms with Crippen LogP contribution in [0.5, 0.6) is 0 Å². The Balaban J connectivity index is 2.27. The van der Waals surface area contributed by atoms with Crippen LogP contribution in [0.4, 0.5) is 22.0 Å². The average molecular weight is 434 g/mol. The molecule has 1 aromatic rings. The van der Waals surface area contributed by atoms with E-state index in [-0.39, 0.29) is 10.5 Å². The van der Waals surface area contributed by atoms with E-state index in [2.05, 4.69) is 0 Å². The Morgan fingerprint density at radius 3 is 1.87 bits per heavy atom.